The van der Waals surface area contributed by atoms with Crippen molar-refractivity contribution in [2.75, 3.05) is 17.8 Å². The standard InChI is InChI=1S/C14H17NO3S2/c1-11-3-5-12(6-4-11)14-9-13(18-15-14)10-19-7-8-20(2,16)17/h3-6,9H,7-8,10H2,1-2H3. The molecule has 0 saturated heterocycles. The highest BCUT2D eigenvalue weighted by atomic mass is 32.2. The van der Waals surface area contributed by atoms with Crippen LogP contribution in [0.1, 0.15) is 11.3 Å². The predicted octanol–water partition coefficient (Wildman–Crippen LogP) is 2.93. The zero-order valence-electron chi connectivity index (χ0n) is 11.5. The minimum Gasteiger partial charge on any atom is -0.360 e. The van der Waals surface area contributed by atoms with E-state index in [1.807, 2.05) is 37.3 Å². The minimum atomic E-state index is -2.89. The third-order valence-corrected chi connectivity index (χ3v) is 4.93. The van der Waals surface area contributed by atoms with Crippen molar-refractivity contribution in [3.8, 4) is 11.3 Å². The van der Waals surface area contributed by atoms with E-state index in [1.54, 1.807) is 0 Å². The maximum atomic E-state index is 11.0. The van der Waals surface area contributed by atoms with Gasteiger partial charge in [-0.2, -0.15) is 11.8 Å². The van der Waals surface area contributed by atoms with Gasteiger partial charge in [0.2, 0.25) is 0 Å². The van der Waals surface area contributed by atoms with Crippen molar-refractivity contribution in [2.24, 2.45) is 0 Å². The molecule has 0 saturated carbocycles. The molecule has 0 amide bonds. The number of rotatable bonds is 6. The first-order chi connectivity index (χ1) is 9.44. The van der Waals surface area contributed by atoms with Crippen molar-refractivity contribution >= 4 is 21.6 Å². The molecule has 0 bridgehead atoms. The summed E-state index contributed by atoms with van der Waals surface area (Å²) in [6.45, 7) is 2.04. The van der Waals surface area contributed by atoms with Crippen molar-refractivity contribution in [1.82, 2.24) is 5.16 Å². The van der Waals surface area contributed by atoms with Gasteiger partial charge in [-0.15, -0.1) is 0 Å². The van der Waals surface area contributed by atoms with Gasteiger partial charge in [0.1, 0.15) is 21.3 Å². The molecule has 1 aromatic carbocycles. The Kier molecular flexibility index (Phi) is 4.88. The highest BCUT2D eigenvalue weighted by Gasteiger charge is 2.07. The van der Waals surface area contributed by atoms with Crippen LogP contribution in [0, 0.1) is 6.92 Å². The number of aryl methyl sites for hydroxylation is 1. The lowest BCUT2D eigenvalue weighted by molar-refractivity contribution is 0.397. The van der Waals surface area contributed by atoms with Crippen LogP contribution in [0.3, 0.4) is 0 Å². The van der Waals surface area contributed by atoms with E-state index in [9.17, 15) is 8.42 Å². The minimum absolute atomic E-state index is 0.191. The molecule has 1 heterocycles. The van der Waals surface area contributed by atoms with Gasteiger partial charge in [0, 0.05) is 23.6 Å². The number of benzene rings is 1. The summed E-state index contributed by atoms with van der Waals surface area (Å²) in [5, 5.41) is 4.04. The quantitative estimate of drug-likeness (QED) is 0.768. The summed E-state index contributed by atoms with van der Waals surface area (Å²) in [7, 11) is -2.89. The molecule has 20 heavy (non-hydrogen) atoms. The molecule has 108 valence electrons. The lowest BCUT2D eigenvalue weighted by Gasteiger charge is -1.97. The van der Waals surface area contributed by atoms with E-state index in [-0.39, 0.29) is 5.75 Å². The first kappa shape index (κ1) is 15.1. The fraction of sp³-hybridized carbons (Fsp3) is 0.357. The van der Waals surface area contributed by atoms with E-state index in [1.165, 1.54) is 23.6 Å². The third kappa shape index (κ3) is 4.68. The second kappa shape index (κ2) is 6.45. The molecule has 0 atom stereocenters. The summed E-state index contributed by atoms with van der Waals surface area (Å²) in [5.41, 5.74) is 3.03. The summed E-state index contributed by atoms with van der Waals surface area (Å²) >= 11 is 1.53. The molecule has 2 aromatic rings. The van der Waals surface area contributed by atoms with Crippen molar-refractivity contribution in [3.05, 3.63) is 41.7 Å². The van der Waals surface area contributed by atoms with E-state index in [4.69, 9.17) is 4.52 Å². The smallest absolute Gasteiger partial charge is 0.148 e. The van der Waals surface area contributed by atoms with Crippen LogP contribution in [0.5, 0.6) is 0 Å². The van der Waals surface area contributed by atoms with Crippen LogP contribution in [-0.4, -0.2) is 31.3 Å². The van der Waals surface area contributed by atoms with E-state index in [2.05, 4.69) is 5.16 Å². The van der Waals surface area contributed by atoms with Gasteiger partial charge in [0.25, 0.3) is 0 Å². The van der Waals surface area contributed by atoms with Crippen molar-refractivity contribution in [3.63, 3.8) is 0 Å². The fourth-order valence-electron chi connectivity index (χ4n) is 1.62. The molecule has 0 N–H and O–H groups in total. The second-order valence-electron chi connectivity index (χ2n) is 4.73. The van der Waals surface area contributed by atoms with Crippen LogP contribution in [0.2, 0.25) is 0 Å². The Morgan fingerprint density at radius 1 is 1.25 bits per heavy atom. The summed E-state index contributed by atoms with van der Waals surface area (Å²) < 4.78 is 27.3. The van der Waals surface area contributed by atoms with Crippen molar-refractivity contribution < 1.29 is 12.9 Å². The van der Waals surface area contributed by atoms with Gasteiger partial charge in [-0.25, -0.2) is 8.42 Å². The van der Waals surface area contributed by atoms with Gasteiger partial charge in [0.15, 0.2) is 0 Å². The lowest BCUT2D eigenvalue weighted by Crippen LogP contribution is -2.05. The predicted molar refractivity (Wildman–Crippen MR) is 82.5 cm³/mol. The fourth-order valence-corrected chi connectivity index (χ4v) is 3.79. The average molecular weight is 311 g/mol. The summed E-state index contributed by atoms with van der Waals surface area (Å²) in [6, 6.07) is 9.98. The zero-order chi connectivity index (χ0) is 14.6. The van der Waals surface area contributed by atoms with Crippen LogP contribution >= 0.6 is 11.8 Å². The normalized spacial score (nSPS) is 11.7. The van der Waals surface area contributed by atoms with Gasteiger partial charge >= 0.3 is 0 Å². The topological polar surface area (TPSA) is 60.2 Å². The number of aromatic nitrogens is 1. The first-order valence-corrected chi connectivity index (χ1v) is 9.44. The van der Waals surface area contributed by atoms with Gasteiger partial charge in [-0.1, -0.05) is 35.0 Å². The van der Waals surface area contributed by atoms with Gasteiger partial charge in [-0.3, -0.25) is 0 Å². The Morgan fingerprint density at radius 3 is 2.60 bits per heavy atom. The molecular formula is C14H17NO3S2. The average Bonchev–Trinajstić information content (AvgIpc) is 2.83. The van der Waals surface area contributed by atoms with E-state index >= 15 is 0 Å². The van der Waals surface area contributed by atoms with Crippen LogP contribution in [0.15, 0.2) is 34.9 Å². The SMILES string of the molecule is Cc1ccc(-c2cc(CSCCS(C)(=O)=O)on2)cc1. The van der Waals surface area contributed by atoms with Crippen LogP contribution in [0.25, 0.3) is 11.3 Å². The number of hydrogen-bond acceptors (Lipinski definition) is 5. The second-order valence-corrected chi connectivity index (χ2v) is 8.09. The largest absolute Gasteiger partial charge is 0.360 e. The van der Waals surface area contributed by atoms with Crippen molar-refractivity contribution in [1.29, 1.82) is 0 Å². The van der Waals surface area contributed by atoms with Gasteiger partial charge < -0.3 is 4.52 Å². The summed E-state index contributed by atoms with van der Waals surface area (Å²) in [6.07, 6.45) is 1.25. The number of hydrogen-bond donors (Lipinski definition) is 0. The number of sulfone groups is 1. The highest BCUT2D eigenvalue weighted by Crippen LogP contribution is 2.22. The van der Waals surface area contributed by atoms with Crippen LogP contribution in [-0.2, 0) is 15.6 Å². The maximum Gasteiger partial charge on any atom is 0.148 e. The highest BCUT2D eigenvalue weighted by molar-refractivity contribution is 7.99. The molecule has 6 heteroatoms. The monoisotopic (exact) mass is 311 g/mol. The molecule has 0 aliphatic heterocycles. The third-order valence-electron chi connectivity index (χ3n) is 2.75. The Labute approximate surface area is 123 Å². The zero-order valence-corrected chi connectivity index (χ0v) is 13.1. The number of thioether (sulfide) groups is 1. The van der Waals surface area contributed by atoms with Gasteiger partial charge in [-0.05, 0) is 6.92 Å². The molecule has 0 spiro atoms. The van der Waals surface area contributed by atoms with Gasteiger partial charge in [0.05, 0.1) is 11.5 Å². The van der Waals surface area contributed by atoms with Crippen molar-refractivity contribution in [2.45, 2.75) is 12.7 Å². The van der Waals surface area contributed by atoms with Crippen LogP contribution < -0.4 is 0 Å². The Bertz CT molecular complexity index is 660. The molecule has 0 fully saturated rings. The summed E-state index contributed by atoms with van der Waals surface area (Å²) in [5.74, 6) is 2.16. The maximum absolute atomic E-state index is 11.0. The first-order valence-electron chi connectivity index (χ1n) is 6.22. The molecule has 0 aliphatic carbocycles. The number of nitrogens with zero attached hydrogens (tertiary/aromatic N) is 1. The Hall–Kier alpha value is -1.27. The van der Waals surface area contributed by atoms with E-state index in [0.29, 0.717) is 11.5 Å². The molecule has 2 rings (SSSR count). The summed E-state index contributed by atoms with van der Waals surface area (Å²) in [4.78, 5) is 0. The molecule has 0 aliphatic rings. The molecule has 4 nitrogen and oxygen atoms in total. The molecular weight excluding hydrogens is 294 g/mol. The Balaban J connectivity index is 1.91. The van der Waals surface area contributed by atoms with Crippen LogP contribution in [0.4, 0.5) is 0 Å². The molecule has 1 aromatic heterocycles. The lowest BCUT2D eigenvalue weighted by atomic mass is 10.1. The molecule has 0 unspecified atom stereocenters. The van der Waals surface area contributed by atoms with E-state index < -0.39 is 9.84 Å². The van der Waals surface area contributed by atoms with E-state index in [0.717, 1.165) is 17.0 Å². The Morgan fingerprint density at radius 2 is 1.95 bits per heavy atom. The molecule has 0 radical (unpaired) electrons.